The first-order valence-electron chi connectivity index (χ1n) is 8.28. The number of benzene rings is 1. The maximum Gasteiger partial charge on any atom is 0.227 e. The van der Waals surface area contributed by atoms with Crippen LogP contribution in [0.1, 0.15) is 37.7 Å². The van der Waals surface area contributed by atoms with Gasteiger partial charge in [0.2, 0.25) is 5.91 Å². The van der Waals surface area contributed by atoms with Crippen LogP contribution in [-0.4, -0.2) is 16.8 Å². The number of carbonyl (C=O) groups is 1. The summed E-state index contributed by atoms with van der Waals surface area (Å²) in [5.41, 5.74) is 9.89. The first kappa shape index (κ1) is 15.7. The molecule has 0 saturated heterocycles. The van der Waals surface area contributed by atoms with Crippen molar-refractivity contribution in [3.63, 3.8) is 0 Å². The SMILES string of the molecule is Nc1ccc(-c2cc(C3=CN(C4CCC4)C(=O)CC3)cs2)c(Cl)c1. The van der Waals surface area contributed by atoms with E-state index in [9.17, 15) is 4.79 Å². The van der Waals surface area contributed by atoms with Gasteiger partial charge in [0.05, 0.1) is 5.02 Å². The molecule has 0 bridgehead atoms. The summed E-state index contributed by atoms with van der Waals surface area (Å²) in [6.07, 6.45) is 6.99. The smallest absolute Gasteiger partial charge is 0.227 e. The molecule has 1 saturated carbocycles. The molecule has 1 aromatic heterocycles. The van der Waals surface area contributed by atoms with Crippen LogP contribution >= 0.6 is 22.9 Å². The zero-order valence-corrected chi connectivity index (χ0v) is 14.9. The lowest BCUT2D eigenvalue weighted by Gasteiger charge is -2.37. The maximum absolute atomic E-state index is 12.2. The zero-order valence-electron chi connectivity index (χ0n) is 13.3. The van der Waals surface area contributed by atoms with Crippen molar-refractivity contribution in [1.82, 2.24) is 4.90 Å². The molecular weight excluding hydrogens is 340 g/mol. The lowest BCUT2D eigenvalue weighted by molar-refractivity contribution is -0.132. The van der Waals surface area contributed by atoms with Crippen molar-refractivity contribution in [3.05, 3.63) is 46.4 Å². The fraction of sp³-hybridized carbons (Fsp3) is 0.316. The number of nitrogens with zero attached hydrogens (tertiary/aromatic N) is 1. The van der Waals surface area contributed by atoms with Gasteiger partial charge in [0, 0.05) is 34.8 Å². The molecule has 124 valence electrons. The average molecular weight is 359 g/mol. The molecule has 4 rings (SSSR count). The van der Waals surface area contributed by atoms with E-state index in [0.717, 1.165) is 29.7 Å². The largest absolute Gasteiger partial charge is 0.399 e. The van der Waals surface area contributed by atoms with E-state index in [1.807, 2.05) is 17.0 Å². The van der Waals surface area contributed by atoms with Gasteiger partial charge in [-0.1, -0.05) is 17.7 Å². The Morgan fingerprint density at radius 1 is 1.21 bits per heavy atom. The number of hydrogen-bond donors (Lipinski definition) is 1. The molecule has 0 atom stereocenters. The third-order valence-electron chi connectivity index (χ3n) is 4.89. The molecular formula is C19H19ClN2OS. The van der Waals surface area contributed by atoms with E-state index in [-0.39, 0.29) is 5.91 Å². The normalized spacial score (nSPS) is 18.5. The quantitative estimate of drug-likeness (QED) is 0.769. The molecule has 2 aromatic rings. The Labute approximate surface area is 150 Å². The Morgan fingerprint density at radius 3 is 2.75 bits per heavy atom. The molecule has 2 aliphatic rings. The number of nitrogens with two attached hydrogens (primary N) is 1. The van der Waals surface area contributed by atoms with E-state index in [1.54, 1.807) is 17.4 Å². The van der Waals surface area contributed by atoms with E-state index in [2.05, 4.69) is 17.6 Å². The van der Waals surface area contributed by atoms with Crippen molar-refractivity contribution >= 4 is 40.1 Å². The molecule has 5 heteroatoms. The van der Waals surface area contributed by atoms with Gasteiger partial charge >= 0.3 is 0 Å². The van der Waals surface area contributed by atoms with Gasteiger partial charge in [-0.15, -0.1) is 11.3 Å². The van der Waals surface area contributed by atoms with Gasteiger partial charge in [-0.05, 0) is 60.4 Å². The number of amides is 1. The molecule has 1 aliphatic carbocycles. The standard InChI is InChI=1S/C19H19ClN2OS/c20-17-9-14(21)5-6-16(17)18-8-13(11-24-18)12-4-7-19(23)22(10-12)15-2-1-3-15/h5-6,8-11,15H,1-4,7,21H2. The van der Waals surface area contributed by atoms with Gasteiger partial charge in [-0.25, -0.2) is 0 Å². The van der Waals surface area contributed by atoms with Crippen LogP contribution in [-0.2, 0) is 4.79 Å². The Morgan fingerprint density at radius 2 is 2.04 bits per heavy atom. The first-order chi connectivity index (χ1) is 11.6. The predicted octanol–water partition coefficient (Wildman–Crippen LogP) is 5.17. The minimum atomic E-state index is 0.264. The predicted molar refractivity (Wildman–Crippen MR) is 101 cm³/mol. The van der Waals surface area contributed by atoms with Crippen LogP contribution in [0.25, 0.3) is 16.0 Å². The minimum Gasteiger partial charge on any atom is -0.399 e. The van der Waals surface area contributed by atoms with Crippen LogP contribution in [0.4, 0.5) is 5.69 Å². The molecule has 0 unspecified atom stereocenters. The van der Waals surface area contributed by atoms with Crippen molar-refractivity contribution < 1.29 is 4.79 Å². The summed E-state index contributed by atoms with van der Waals surface area (Å²) in [7, 11) is 0. The Kier molecular flexibility index (Phi) is 4.10. The van der Waals surface area contributed by atoms with E-state index in [4.69, 9.17) is 17.3 Å². The van der Waals surface area contributed by atoms with Crippen LogP contribution in [0.15, 0.2) is 35.8 Å². The van der Waals surface area contributed by atoms with Gasteiger partial charge in [0.1, 0.15) is 0 Å². The number of allylic oxidation sites excluding steroid dienone is 1. The molecule has 0 radical (unpaired) electrons. The molecule has 2 N–H and O–H groups in total. The number of nitrogen functional groups attached to an aromatic ring is 1. The van der Waals surface area contributed by atoms with Gasteiger partial charge in [0.25, 0.3) is 0 Å². The molecule has 2 heterocycles. The van der Waals surface area contributed by atoms with Crippen molar-refractivity contribution in [2.45, 2.75) is 38.1 Å². The minimum absolute atomic E-state index is 0.264. The van der Waals surface area contributed by atoms with E-state index >= 15 is 0 Å². The van der Waals surface area contributed by atoms with Gasteiger partial charge in [-0.2, -0.15) is 0 Å². The maximum atomic E-state index is 12.2. The fourth-order valence-corrected chi connectivity index (χ4v) is 4.57. The monoisotopic (exact) mass is 358 g/mol. The summed E-state index contributed by atoms with van der Waals surface area (Å²) < 4.78 is 0. The van der Waals surface area contributed by atoms with Crippen LogP contribution < -0.4 is 5.73 Å². The third-order valence-corrected chi connectivity index (χ3v) is 6.16. The Balaban J connectivity index is 1.63. The number of anilines is 1. The lowest BCUT2D eigenvalue weighted by Crippen LogP contribution is -2.42. The number of carbonyl (C=O) groups excluding carboxylic acids is 1. The van der Waals surface area contributed by atoms with Crippen molar-refractivity contribution in [2.75, 3.05) is 5.73 Å². The Bertz CT molecular complexity index is 823. The number of hydrogen-bond acceptors (Lipinski definition) is 3. The van der Waals surface area contributed by atoms with Crippen LogP contribution in [0.2, 0.25) is 5.02 Å². The van der Waals surface area contributed by atoms with Gasteiger partial charge < -0.3 is 10.6 Å². The van der Waals surface area contributed by atoms with E-state index < -0.39 is 0 Å². The number of rotatable bonds is 3. The second-order valence-electron chi connectivity index (χ2n) is 6.48. The first-order valence-corrected chi connectivity index (χ1v) is 9.54. The molecule has 1 aromatic carbocycles. The highest BCUT2D eigenvalue weighted by molar-refractivity contribution is 7.13. The van der Waals surface area contributed by atoms with Crippen molar-refractivity contribution in [3.8, 4) is 10.4 Å². The number of halogens is 1. The molecule has 1 aliphatic heterocycles. The van der Waals surface area contributed by atoms with E-state index in [0.29, 0.717) is 23.2 Å². The van der Waals surface area contributed by atoms with Crippen LogP contribution in [0.3, 0.4) is 0 Å². The van der Waals surface area contributed by atoms with E-state index in [1.165, 1.54) is 17.6 Å². The summed E-state index contributed by atoms with van der Waals surface area (Å²) in [5.74, 6) is 0.264. The third kappa shape index (κ3) is 2.85. The van der Waals surface area contributed by atoms with Gasteiger partial charge in [0.15, 0.2) is 0 Å². The Hall–Kier alpha value is -1.78. The molecule has 1 amide bonds. The average Bonchev–Trinajstić information content (AvgIpc) is 2.97. The zero-order chi connectivity index (χ0) is 16.7. The fourth-order valence-electron chi connectivity index (χ4n) is 3.24. The summed E-state index contributed by atoms with van der Waals surface area (Å²) in [6.45, 7) is 0. The summed E-state index contributed by atoms with van der Waals surface area (Å²) in [4.78, 5) is 15.3. The second kappa shape index (κ2) is 6.26. The van der Waals surface area contributed by atoms with Crippen LogP contribution in [0, 0.1) is 0 Å². The lowest BCUT2D eigenvalue weighted by atomic mass is 9.89. The molecule has 3 nitrogen and oxygen atoms in total. The summed E-state index contributed by atoms with van der Waals surface area (Å²) in [6, 6.07) is 8.21. The highest BCUT2D eigenvalue weighted by Gasteiger charge is 2.30. The highest BCUT2D eigenvalue weighted by atomic mass is 35.5. The number of thiophene rings is 1. The molecule has 24 heavy (non-hydrogen) atoms. The van der Waals surface area contributed by atoms with Crippen molar-refractivity contribution in [1.29, 1.82) is 0 Å². The highest BCUT2D eigenvalue weighted by Crippen LogP contribution is 2.38. The van der Waals surface area contributed by atoms with Crippen molar-refractivity contribution in [2.24, 2.45) is 0 Å². The molecule has 0 spiro atoms. The van der Waals surface area contributed by atoms with Crippen LogP contribution in [0.5, 0.6) is 0 Å². The van der Waals surface area contributed by atoms with Gasteiger partial charge in [-0.3, -0.25) is 4.79 Å². The topological polar surface area (TPSA) is 46.3 Å². The second-order valence-corrected chi connectivity index (χ2v) is 7.80. The summed E-state index contributed by atoms with van der Waals surface area (Å²) in [5, 5.41) is 2.83. The molecule has 1 fully saturated rings. The summed E-state index contributed by atoms with van der Waals surface area (Å²) >= 11 is 8.01.